The number of halogens is 3. The number of hydrogen-bond donors (Lipinski definition) is 2. The minimum atomic E-state index is 0. The molecule has 1 aromatic carbocycles. The van der Waals surface area contributed by atoms with Crippen LogP contribution < -0.4 is 10.6 Å². The Morgan fingerprint density at radius 3 is 2.78 bits per heavy atom. The van der Waals surface area contributed by atoms with Gasteiger partial charge in [0.2, 0.25) is 0 Å². The van der Waals surface area contributed by atoms with Gasteiger partial charge in [0.15, 0.2) is 0 Å². The number of nitrogens with one attached hydrogen (secondary N) is 2. The molecule has 1 saturated heterocycles. The molecule has 0 bridgehead atoms. The molecule has 0 spiro atoms. The summed E-state index contributed by atoms with van der Waals surface area (Å²) < 4.78 is 0. The normalized spacial score (nSPS) is 19.3. The second kappa shape index (κ2) is 8.23. The number of piperidine rings is 1. The first-order chi connectivity index (χ1) is 8.25. The molecule has 2 nitrogen and oxygen atoms in total. The van der Waals surface area contributed by atoms with E-state index in [0.29, 0.717) is 11.1 Å². The molecular formula is C13H19Cl3N2. The minimum absolute atomic E-state index is 0. The van der Waals surface area contributed by atoms with Crippen LogP contribution in [-0.2, 0) is 6.54 Å². The van der Waals surface area contributed by atoms with Crippen molar-refractivity contribution in [2.75, 3.05) is 13.1 Å². The second-order valence-corrected chi connectivity index (χ2v) is 5.36. The Morgan fingerprint density at radius 1 is 1.28 bits per heavy atom. The second-order valence-electron chi connectivity index (χ2n) is 4.51. The molecule has 102 valence electrons. The molecule has 5 heteroatoms. The van der Waals surface area contributed by atoms with E-state index in [-0.39, 0.29) is 12.4 Å². The Kier molecular flexibility index (Phi) is 7.35. The van der Waals surface area contributed by atoms with E-state index in [9.17, 15) is 0 Å². The highest BCUT2D eigenvalue weighted by Crippen LogP contribution is 2.20. The molecule has 0 saturated carbocycles. The van der Waals surface area contributed by atoms with E-state index in [0.717, 1.165) is 30.2 Å². The van der Waals surface area contributed by atoms with Gasteiger partial charge in [-0.1, -0.05) is 35.7 Å². The third kappa shape index (κ3) is 4.94. The lowest BCUT2D eigenvalue weighted by Crippen LogP contribution is -2.41. The zero-order valence-electron chi connectivity index (χ0n) is 10.2. The van der Waals surface area contributed by atoms with Crippen LogP contribution in [0.2, 0.25) is 10.0 Å². The van der Waals surface area contributed by atoms with Gasteiger partial charge in [-0.15, -0.1) is 12.4 Å². The van der Waals surface area contributed by atoms with Gasteiger partial charge < -0.3 is 10.6 Å². The third-order valence-corrected chi connectivity index (χ3v) is 3.72. The van der Waals surface area contributed by atoms with Gasteiger partial charge in [-0.2, -0.15) is 0 Å². The largest absolute Gasteiger partial charge is 0.313 e. The van der Waals surface area contributed by atoms with Crippen molar-refractivity contribution in [3.8, 4) is 0 Å². The summed E-state index contributed by atoms with van der Waals surface area (Å²) in [5.74, 6) is 0. The maximum absolute atomic E-state index is 6.11. The zero-order chi connectivity index (χ0) is 12.1. The van der Waals surface area contributed by atoms with Crippen molar-refractivity contribution >= 4 is 35.6 Å². The third-order valence-electron chi connectivity index (χ3n) is 3.13. The van der Waals surface area contributed by atoms with E-state index in [1.807, 2.05) is 12.1 Å². The van der Waals surface area contributed by atoms with Crippen LogP contribution >= 0.6 is 35.6 Å². The summed E-state index contributed by atoms with van der Waals surface area (Å²) in [6.45, 7) is 2.95. The van der Waals surface area contributed by atoms with E-state index >= 15 is 0 Å². The molecule has 18 heavy (non-hydrogen) atoms. The van der Waals surface area contributed by atoms with Crippen LogP contribution in [0.3, 0.4) is 0 Å². The van der Waals surface area contributed by atoms with Gasteiger partial charge >= 0.3 is 0 Å². The van der Waals surface area contributed by atoms with Crippen LogP contribution in [0, 0.1) is 0 Å². The summed E-state index contributed by atoms with van der Waals surface area (Å²) in [6.07, 6.45) is 3.90. The maximum atomic E-state index is 6.11. The average molecular weight is 310 g/mol. The number of rotatable bonds is 4. The molecule has 1 heterocycles. The topological polar surface area (TPSA) is 24.1 Å². The van der Waals surface area contributed by atoms with Crippen LogP contribution in [0.15, 0.2) is 18.2 Å². The Morgan fingerprint density at radius 2 is 2.11 bits per heavy atom. The van der Waals surface area contributed by atoms with E-state index in [1.165, 1.54) is 19.3 Å². The van der Waals surface area contributed by atoms with E-state index < -0.39 is 0 Å². The van der Waals surface area contributed by atoms with Crippen molar-refractivity contribution in [3.05, 3.63) is 33.8 Å². The Balaban J connectivity index is 0.00000162. The molecule has 1 aliphatic heterocycles. The van der Waals surface area contributed by atoms with E-state index in [1.54, 1.807) is 6.07 Å². The van der Waals surface area contributed by atoms with Crippen LogP contribution in [0.25, 0.3) is 0 Å². The average Bonchev–Trinajstić information content (AvgIpc) is 2.33. The summed E-state index contributed by atoms with van der Waals surface area (Å²) in [5.41, 5.74) is 1.10. The predicted molar refractivity (Wildman–Crippen MR) is 81.1 cm³/mol. The maximum Gasteiger partial charge on any atom is 0.0465 e. The van der Waals surface area contributed by atoms with Gasteiger partial charge in [0.1, 0.15) is 0 Å². The quantitative estimate of drug-likeness (QED) is 0.887. The summed E-state index contributed by atoms with van der Waals surface area (Å²) in [7, 11) is 0. The fraction of sp³-hybridized carbons (Fsp3) is 0.538. The van der Waals surface area contributed by atoms with Gasteiger partial charge in [0, 0.05) is 29.2 Å². The standard InChI is InChI=1S/C13H18Cl2N2.ClH/c14-11-5-4-10(13(15)7-11)8-16-9-12-3-1-2-6-17-12;/h4-5,7,12,16-17H,1-3,6,8-9H2;1H. The molecule has 0 aliphatic carbocycles. The highest BCUT2D eigenvalue weighted by atomic mass is 35.5. The first kappa shape index (κ1) is 16.1. The summed E-state index contributed by atoms with van der Waals surface area (Å²) in [6, 6.07) is 6.25. The lowest BCUT2D eigenvalue weighted by Gasteiger charge is -2.23. The highest BCUT2D eigenvalue weighted by molar-refractivity contribution is 6.35. The van der Waals surface area contributed by atoms with Crippen molar-refractivity contribution in [3.63, 3.8) is 0 Å². The van der Waals surface area contributed by atoms with Gasteiger partial charge in [-0.25, -0.2) is 0 Å². The lowest BCUT2D eigenvalue weighted by molar-refractivity contribution is 0.383. The molecule has 1 aromatic rings. The van der Waals surface area contributed by atoms with E-state index in [2.05, 4.69) is 10.6 Å². The molecule has 1 atom stereocenters. The summed E-state index contributed by atoms with van der Waals surface area (Å²) >= 11 is 12.0. The van der Waals surface area contributed by atoms with Gasteiger partial charge in [0.05, 0.1) is 0 Å². The van der Waals surface area contributed by atoms with Crippen molar-refractivity contribution in [1.29, 1.82) is 0 Å². The molecule has 0 amide bonds. The zero-order valence-corrected chi connectivity index (χ0v) is 12.5. The van der Waals surface area contributed by atoms with Crippen molar-refractivity contribution in [2.45, 2.75) is 31.8 Å². The molecule has 2 N–H and O–H groups in total. The molecule has 0 radical (unpaired) electrons. The fourth-order valence-electron chi connectivity index (χ4n) is 2.14. The van der Waals surface area contributed by atoms with Gasteiger partial charge in [-0.3, -0.25) is 0 Å². The van der Waals surface area contributed by atoms with Crippen molar-refractivity contribution < 1.29 is 0 Å². The fourth-order valence-corrected chi connectivity index (χ4v) is 2.62. The summed E-state index contributed by atoms with van der Waals surface area (Å²) in [4.78, 5) is 0. The SMILES string of the molecule is Cl.Clc1ccc(CNCC2CCCCN2)c(Cl)c1. The monoisotopic (exact) mass is 308 g/mol. The molecule has 1 fully saturated rings. The first-order valence-electron chi connectivity index (χ1n) is 6.14. The Bertz CT molecular complexity index is 365. The first-order valence-corrected chi connectivity index (χ1v) is 6.89. The molecule has 1 unspecified atom stereocenters. The van der Waals surface area contributed by atoms with Gasteiger partial charge in [0.25, 0.3) is 0 Å². The highest BCUT2D eigenvalue weighted by Gasteiger charge is 2.11. The Labute approximate surface area is 125 Å². The molecular weight excluding hydrogens is 291 g/mol. The van der Waals surface area contributed by atoms with Crippen LogP contribution in [0.5, 0.6) is 0 Å². The molecule has 0 aromatic heterocycles. The smallest absolute Gasteiger partial charge is 0.0465 e. The van der Waals surface area contributed by atoms with Crippen LogP contribution in [-0.4, -0.2) is 19.1 Å². The lowest BCUT2D eigenvalue weighted by atomic mass is 10.1. The summed E-state index contributed by atoms with van der Waals surface area (Å²) in [5, 5.41) is 8.38. The van der Waals surface area contributed by atoms with Crippen molar-refractivity contribution in [1.82, 2.24) is 10.6 Å². The van der Waals surface area contributed by atoms with Crippen LogP contribution in [0.4, 0.5) is 0 Å². The van der Waals surface area contributed by atoms with Crippen LogP contribution in [0.1, 0.15) is 24.8 Å². The molecule has 1 aliphatic rings. The Hall–Kier alpha value is 0.01000. The number of benzene rings is 1. The molecule has 2 rings (SSSR count). The van der Waals surface area contributed by atoms with Crippen molar-refractivity contribution in [2.24, 2.45) is 0 Å². The van der Waals surface area contributed by atoms with Gasteiger partial charge in [-0.05, 0) is 37.1 Å². The minimum Gasteiger partial charge on any atom is -0.313 e. The number of hydrogen-bond acceptors (Lipinski definition) is 2. The predicted octanol–water partition coefficient (Wildman–Crippen LogP) is 3.65. The van der Waals surface area contributed by atoms with E-state index in [4.69, 9.17) is 23.2 Å².